The fraction of sp³-hybridized carbons (Fsp3) is 0.316. The van der Waals surface area contributed by atoms with Crippen LogP contribution in [0.15, 0.2) is 51.8 Å². The minimum atomic E-state index is -3.90. The lowest BCUT2D eigenvalue weighted by atomic mass is 10.0. The topological polar surface area (TPSA) is 84.5 Å². The van der Waals surface area contributed by atoms with Crippen LogP contribution in [-0.4, -0.2) is 27.5 Å². The SMILES string of the molecule is COc1ccc(S(=O)(=O)N[C@H](C(=O)NCc2cc(F)cc(Br)c2)C(C)C)cc1. The Kier molecular flexibility index (Phi) is 7.56. The third-order valence-corrected chi connectivity index (χ3v) is 5.90. The first-order valence-corrected chi connectivity index (χ1v) is 10.8. The molecule has 2 rings (SSSR count). The van der Waals surface area contributed by atoms with Crippen LogP contribution in [0, 0.1) is 11.7 Å². The second-order valence-corrected chi connectivity index (χ2v) is 9.14. The Labute approximate surface area is 172 Å². The third-order valence-electron chi connectivity index (χ3n) is 3.99. The van der Waals surface area contributed by atoms with Crippen LogP contribution in [0.4, 0.5) is 4.39 Å². The Morgan fingerprint density at radius 1 is 1.18 bits per heavy atom. The standard InChI is InChI=1S/C19H22BrFN2O4S/c1-12(2)18(19(24)22-11-13-8-14(20)10-15(21)9-13)23-28(25,26)17-6-4-16(27-3)5-7-17/h4-10,12,18,23H,11H2,1-3H3,(H,22,24)/t18-/m0/s1. The lowest BCUT2D eigenvalue weighted by Gasteiger charge is -2.22. The molecule has 0 spiro atoms. The van der Waals surface area contributed by atoms with E-state index < -0.39 is 27.8 Å². The van der Waals surface area contributed by atoms with Crippen molar-refractivity contribution in [1.82, 2.24) is 10.0 Å². The Bertz CT molecular complexity index is 913. The van der Waals surface area contributed by atoms with Crippen LogP contribution >= 0.6 is 15.9 Å². The van der Waals surface area contributed by atoms with Crippen molar-refractivity contribution < 1.29 is 22.3 Å². The molecule has 0 radical (unpaired) electrons. The van der Waals surface area contributed by atoms with Gasteiger partial charge in [0.1, 0.15) is 17.6 Å². The van der Waals surface area contributed by atoms with Crippen molar-refractivity contribution >= 4 is 31.9 Å². The Hall–Kier alpha value is -1.97. The lowest BCUT2D eigenvalue weighted by Crippen LogP contribution is -2.49. The van der Waals surface area contributed by atoms with Crippen molar-refractivity contribution in [1.29, 1.82) is 0 Å². The van der Waals surface area contributed by atoms with E-state index in [2.05, 4.69) is 26.0 Å². The van der Waals surface area contributed by atoms with Gasteiger partial charge in [-0.1, -0.05) is 29.8 Å². The molecule has 0 heterocycles. The van der Waals surface area contributed by atoms with Crippen molar-refractivity contribution in [3.8, 4) is 5.75 Å². The van der Waals surface area contributed by atoms with E-state index in [4.69, 9.17) is 4.74 Å². The van der Waals surface area contributed by atoms with E-state index in [0.29, 0.717) is 15.8 Å². The summed E-state index contributed by atoms with van der Waals surface area (Å²) in [6.07, 6.45) is 0. The molecule has 2 aromatic carbocycles. The van der Waals surface area contributed by atoms with Crippen LogP contribution < -0.4 is 14.8 Å². The summed E-state index contributed by atoms with van der Waals surface area (Å²) in [5.74, 6) is -0.697. The Morgan fingerprint density at radius 3 is 2.36 bits per heavy atom. The van der Waals surface area contributed by atoms with Crippen LogP contribution in [-0.2, 0) is 21.4 Å². The number of rotatable bonds is 8. The first-order valence-electron chi connectivity index (χ1n) is 8.51. The van der Waals surface area contributed by atoms with Gasteiger partial charge >= 0.3 is 0 Å². The highest BCUT2D eigenvalue weighted by atomic mass is 79.9. The van der Waals surface area contributed by atoms with E-state index in [9.17, 15) is 17.6 Å². The maximum Gasteiger partial charge on any atom is 0.241 e. The average Bonchev–Trinajstić information content (AvgIpc) is 2.63. The van der Waals surface area contributed by atoms with Crippen LogP contribution in [0.3, 0.4) is 0 Å². The van der Waals surface area contributed by atoms with Gasteiger partial charge in [0.2, 0.25) is 15.9 Å². The molecule has 152 valence electrons. The Balaban J connectivity index is 2.11. The smallest absolute Gasteiger partial charge is 0.241 e. The van der Waals surface area contributed by atoms with Gasteiger partial charge in [-0.25, -0.2) is 12.8 Å². The maximum atomic E-state index is 13.5. The van der Waals surface area contributed by atoms with Gasteiger partial charge in [0.15, 0.2) is 0 Å². The number of nitrogens with one attached hydrogen (secondary N) is 2. The van der Waals surface area contributed by atoms with Gasteiger partial charge in [-0.3, -0.25) is 4.79 Å². The van der Waals surface area contributed by atoms with E-state index >= 15 is 0 Å². The molecule has 2 N–H and O–H groups in total. The number of halogens is 2. The van der Waals surface area contributed by atoms with E-state index in [1.807, 2.05) is 0 Å². The second-order valence-electron chi connectivity index (χ2n) is 6.51. The number of hydrogen-bond acceptors (Lipinski definition) is 4. The molecule has 6 nitrogen and oxygen atoms in total. The van der Waals surface area contributed by atoms with Crippen molar-refractivity contribution in [3.05, 3.63) is 58.3 Å². The zero-order chi connectivity index (χ0) is 20.9. The molecular formula is C19H22BrFN2O4S. The molecule has 0 aliphatic carbocycles. The molecule has 2 aromatic rings. The molecule has 0 saturated carbocycles. The minimum Gasteiger partial charge on any atom is -0.497 e. The quantitative estimate of drug-likeness (QED) is 0.617. The number of amides is 1. The summed E-state index contributed by atoms with van der Waals surface area (Å²) in [4.78, 5) is 12.6. The van der Waals surface area contributed by atoms with Gasteiger partial charge in [0.05, 0.1) is 12.0 Å². The number of ether oxygens (including phenoxy) is 1. The monoisotopic (exact) mass is 472 g/mol. The highest BCUT2D eigenvalue weighted by Crippen LogP contribution is 2.17. The number of hydrogen-bond donors (Lipinski definition) is 2. The number of methoxy groups -OCH3 is 1. The highest BCUT2D eigenvalue weighted by Gasteiger charge is 2.28. The van der Waals surface area contributed by atoms with E-state index in [-0.39, 0.29) is 17.4 Å². The van der Waals surface area contributed by atoms with Crippen LogP contribution in [0.5, 0.6) is 5.75 Å². The molecule has 0 aliphatic heterocycles. The summed E-state index contributed by atoms with van der Waals surface area (Å²) in [6, 6.07) is 9.17. The predicted octanol–water partition coefficient (Wildman–Crippen LogP) is 3.22. The zero-order valence-corrected chi connectivity index (χ0v) is 18.1. The van der Waals surface area contributed by atoms with Crippen LogP contribution in [0.1, 0.15) is 19.4 Å². The second kappa shape index (κ2) is 9.49. The molecule has 9 heteroatoms. The summed E-state index contributed by atoms with van der Waals surface area (Å²) >= 11 is 3.19. The number of carbonyl (C=O) groups excluding carboxylic acids is 1. The summed E-state index contributed by atoms with van der Waals surface area (Å²) in [5, 5.41) is 2.65. The van der Waals surface area contributed by atoms with Crippen molar-refractivity contribution in [2.45, 2.75) is 31.3 Å². The molecule has 1 amide bonds. The molecule has 1 atom stereocenters. The largest absolute Gasteiger partial charge is 0.497 e. The third kappa shape index (κ3) is 6.02. The first-order chi connectivity index (χ1) is 13.1. The molecule has 0 unspecified atom stereocenters. The fourth-order valence-electron chi connectivity index (χ4n) is 2.49. The van der Waals surface area contributed by atoms with Crippen LogP contribution in [0.25, 0.3) is 0 Å². The van der Waals surface area contributed by atoms with Crippen molar-refractivity contribution in [2.75, 3.05) is 7.11 Å². The first kappa shape index (κ1) is 22.3. The van der Waals surface area contributed by atoms with Gasteiger partial charge in [0, 0.05) is 11.0 Å². The fourth-order valence-corrected chi connectivity index (χ4v) is 4.35. The van der Waals surface area contributed by atoms with Crippen molar-refractivity contribution in [3.63, 3.8) is 0 Å². The van der Waals surface area contributed by atoms with E-state index in [1.54, 1.807) is 19.9 Å². The van der Waals surface area contributed by atoms with Crippen LogP contribution in [0.2, 0.25) is 0 Å². The van der Waals surface area contributed by atoms with Gasteiger partial charge in [-0.15, -0.1) is 0 Å². The molecule has 0 bridgehead atoms. The average molecular weight is 473 g/mol. The molecular weight excluding hydrogens is 451 g/mol. The molecule has 0 saturated heterocycles. The predicted molar refractivity (Wildman–Crippen MR) is 108 cm³/mol. The molecule has 0 aliphatic rings. The van der Waals surface area contributed by atoms with Gasteiger partial charge in [-0.2, -0.15) is 4.72 Å². The molecule has 28 heavy (non-hydrogen) atoms. The molecule has 0 aromatic heterocycles. The summed E-state index contributed by atoms with van der Waals surface area (Å²) in [5.41, 5.74) is 0.556. The normalized spacial score (nSPS) is 12.6. The minimum absolute atomic E-state index is 0.0285. The summed E-state index contributed by atoms with van der Waals surface area (Å²) < 4.78 is 46.7. The highest BCUT2D eigenvalue weighted by molar-refractivity contribution is 9.10. The van der Waals surface area contributed by atoms with Crippen molar-refractivity contribution in [2.24, 2.45) is 5.92 Å². The van der Waals surface area contributed by atoms with E-state index in [1.165, 1.54) is 43.5 Å². The van der Waals surface area contributed by atoms with Gasteiger partial charge in [-0.05, 0) is 53.9 Å². The number of benzene rings is 2. The van der Waals surface area contributed by atoms with Gasteiger partial charge < -0.3 is 10.1 Å². The Morgan fingerprint density at radius 2 is 1.82 bits per heavy atom. The summed E-state index contributed by atoms with van der Waals surface area (Å²) in [6.45, 7) is 3.54. The number of sulfonamides is 1. The summed E-state index contributed by atoms with van der Waals surface area (Å²) in [7, 11) is -2.42. The number of carbonyl (C=O) groups is 1. The van der Waals surface area contributed by atoms with E-state index in [0.717, 1.165) is 0 Å². The zero-order valence-electron chi connectivity index (χ0n) is 15.7. The molecule has 0 fully saturated rings. The van der Waals surface area contributed by atoms with Gasteiger partial charge in [0.25, 0.3) is 0 Å². The maximum absolute atomic E-state index is 13.5. The lowest BCUT2D eigenvalue weighted by molar-refractivity contribution is -0.123.